The van der Waals surface area contributed by atoms with E-state index < -0.39 is 14.9 Å². The van der Waals surface area contributed by atoms with E-state index in [1.807, 2.05) is 30.3 Å². The molecule has 264 valence electrons. The van der Waals surface area contributed by atoms with E-state index in [-0.39, 0.29) is 16.4 Å². The van der Waals surface area contributed by atoms with Gasteiger partial charge in [0.2, 0.25) is 5.69 Å². The molecule has 7 rings (SSSR count). The van der Waals surface area contributed by atoms with Crippen LogP contribution in [0.4, 0.5) is 0 Å². The Morgan fingerprint density at radius 3 is 1.96 bits per heavy atom. The third kappa shape index (κ3) is 6.49. The smallest absolute Gasteiger partial charge is 0.216 e. The molecular weight excluding hydrogens is 653 g/mol. The highest BCUT2D eigenvalue weighted by Crippen LogP contribution is 2.40. The first kappa shape index (κ1) is 31.8. The highest BCUT2D eigenvalue weighted by atomic mass is 28.3. The second-order valence-corrected chi connectivity index (χ2v) is 22.3. The summed E-state index contributed by atoms with van der Waals surface area (Å²) in [6, 6.07) is 28.9. The number of benzene rings is 4. The summed E-state index contributed by atoms with van der Waals surface area (Å²) in [6.07, 6.45) is 2.21. The van der Waals surface area contributed by atoms with Crippen LogP contribution in [0.3, 0.4) is 0 Å². The number of pyridine rings is 1. The zero-order chi connectivity index (χ0) is 39.8. The number of rotatable bonds is 5. The van der Waals surface area contributed by atoms with Crippen LogP contribution in [0.1, 0.15) is 68.4 Å². The Labute approximate surface area is 314 Å². The van der Waals surface area contributed by atoms with Crippen LogP contribution in [0.5, 0.6) is 0 Å². The van der Waals surface area contributed by atoms with Crippen molar-refractivity contribution >= 4 is 35.2 Å². The number of nitrogens with zero attached hydrogens (tertiary/aromatic N) is 4. The van der Waals surface area contributed by atoms with E-state index in [9.17, 15) is 0 Å². The van der Waals surface area contributed by atoms with Gasteiger partial charge in [-0.1, -0.05) is 122 Å². The minimum absolute atomic E-state index is 0.270. The van der Waals surface area contributed by atoms with E-state index in [2.05, 4.69) is 134 Å². The van der Waals surface area contributed by atoms with Gasteiger partial charge in [-0.05, 0) is 65.4 Å². The van der Waals surface area contributed by atoms with Crippen molar-refractivity contribution in [3.05, 3.63) is 114 Å². The summed E-state index contributed by atoms with van der Waals surface area (Å²) in [5, 5.41) is 3.27. The average Bonchev–Trinajstić information content (AvgIpc) is 3.48. The Morgan fingerprint density at radius 1 is 0.673 bits per heavy atom. The maximum absolute atomic E-state index is 8.85. The first-order valence-electron chi connectivity index (χ1n) is 19.6. The standard InChI is InChI=1S/C46H51N4OSi/c1-28-18-21-35-34-23-19-31(30-16-14-13-15-17-30)25-38(34)51-41(35)40(28)37-26-36(39(27-50(37)9)52(10,11)12)33-22-20-32(24-29(33)2)42-47-43(45(3,4)5)49-44(48-42)46(6,7)8/h13-27H,1-12H3/q+1/i2D3. The summed E-state index contributed by atoms with van der Waals surface area (Å²) in [6.45, 7) is 19.1. The molecular formula is C46H51N4OSi+. The highest BCUT2D eigenvalue weighted by Gasteiger charge is 2.30. The van der Waals surface area contributed by atoms with Gasteiger partial charge in [0.1, 0.15) is 29.9 Å². The molecule has 4 aromatic carbocycles. The van der Waals surface area contributed by atoms with Crippen LogP contribution >= 0.6 is 0 Å². The van der Waals surface area contributed by atoms with E-state index >= 15 is 0 Å². The third-order valence-electron chi connectivity index (χ3n) is 9.84. The second-order valence-electron chi connectivity index (χ2n) is 17.2. The van der Waals surface area contributed by atoms with E-state index in [0.29, 0.717) is 28.6 Å². The third-order valence-corrected chi connectivity index (χ3v) is 11.9. The summed E-state index contributed by atoms with van der Waals surface area (Å²) in [4.78, 5) is 14.7. The first-order chi connectivity index (χ1) is 25.6. The lowest BCUT2D eigenvalue weighted by atomic mass is 9.92. The maximum atomic E-state index is 8.85. The number of furan rings is 1. The average molecular weight is 707 g/mol. The molecule has 52 heavy (non-hydrogen) atoms. The van der Waals surface area contributed by atoms with Gasteiger partial charge in [-0.25, -0.2) is 19.5 Å². The number of hydrogen-bond acceptors (Lipinski definition) is 4. The topological polar surface area (TPSA) is 55.7 Å². The van der Waals surface area contributed by atoms with Gasteiger partial charge in [-0.3, -0.25) is 0 Å². The molecule has 0 atom stereocenters. The van der Waals surface area contributed by atoms with Crippen LogP contribution in [0, 0.1) is 13.8 Å². The number of aryl methyl sites for hydroxylation is 3. The van der Waals surface area contributed by atoms with E-state index in [1.54, 1.807) is 6.07 Å². The molecule has 0 unspecified atom stereocenters. The minimum Gasteiger partial charge on any atom is -0.455 e. The Hall–Kier alpha value is -4.94. The van der Waals surface area contributed by atoms with Gasteiger partial charge >= 0.3 is 0 Å². The van der Waals surface area contributed by atoms with Crippen molar-refractivity contribution in [2.45, 2.75) is 85.8 Å². The van der Waals surface area contributed by atoms with E-state index in [4.69, 9.17) is 23.5 Å². The fourth-order valence-corrected chi connectivity index (χ4v) is 8.47. The molecule has 3 heterocycles. The van der Waals surface area contributed by atoms with Gasteiger partial charge in [0.05, 0.1) is 13.6 Å². The molecule has 0 aliphatic rings. The Balaban J connectivity index is 1.46. The summed E-state index contributed by atoms with van der Waals surface area (Å²) in [7, 11) is 0.0492. The number of fused-ring (bicyclic) bond motifs is 3. The van der Waals surface area contributed by atoms with Crippen LogP contribution in [0.25, 0.3) is 66.8 Å². The van der Waals surface area contributed by atoms with E-state index in [1.165, 1.54) is 5.19 Å². The molecule has 0 spiro atoms. The zero-order valence-corrected chi connectivity index (χ0v) is 33.4. The van der Waals surface area contributed by atoms with Gasteiger partial charge < -0.3 is 4.42 Å². The van der Waals surface area contributed by atoms with Gasteiger partial charge in [-0.2, -0.15) is 0 Å². The Kier molecular flexibility index (Phi) is 7.71. The fourth-order valence-electron chi connectivity index (χ4n) is 6.88. The molecule has 0 bridgehead atoms. The SMILES string of the molecule is [2H]C([2H])([2H])c1cc(-c2nc(C(C)(C)C)nc(C(C)(C)C)n2)ccc1-c1cc(-c2c(C)ccc3c2oc2cc(-c4ccccc4)ccc23)[n+](C)cc1[Si](C)(C)C. The van der Waals surface area contributed by atoms with Crippen molar-refractivity contribution in [2.24, 2.45) is 7.05 Å². The molecule has 0 saturated heterocycles. The van der Waals surface area contributed by atoms with Crippen LogP contribution in [-0.4, -0.2) is 23.0 Å². The predicted octanol–water partition coefficient (Wildman–Crippen LogP) is 11.0. The molecule has 3 aromatic heterocycles. The van der Waals surface area contributed by atoms with Crippen molar-refractivity contribution in [2.75, 3.05) is 0 Å². The molecule has 5 nitrogen and oxygen atoms in total. The van der Waals surface area contributed by atoms with Gasteiger partial charge in [0, 0.05) is 42.5 Å². The molecule has 0 saturated carbocycles. The van der Waals surface area contributed by atoms with Crippen molar-refractivity contribution in [3.8, 4) is 44.9 Å². The van der Waals surface area contributed by atoms with Crippen LogP contribution in [-0.2, 0) is 17.9 Å². The maximum Gasteiger partial charge on any atom is 0.216 e. The zero-order valence-electron chi connectivity index (χ0n) is 35.4. The first-order valence-corrected chi connectivity index (χ1v) is 21.6. The number of aromatic nitrogens is 4. The highest BCUT2D eigenvalue weighted by molar-refractivity contribution is 6.89. The molecule has 0 N–H and O–H groups in total. The molecule has 0 amide bonds. The lowest BCUT2D eigenvalue weighted by Gasteiger charge is -2.23. The molecule has 7 aromatic rings. The van der Waals surface area contributed by atoms with E-state index in [0.717, 1.165) is 55.4 Å². The molecule has 0 fully saturated rings. The lowest BCUT2D eigenvalue weighted by molar-refractivity contribution is -0.659. The van der Waals surface area contributed by atoms with Crippen LogP contribution in [0.2, 0.25) is 19.6 Å². The summed E-state index contributed by atoms with van der Waals surface area (Å²) in [5.74, 6) is 1.83. The summed E-state index contributed by atoms with van der Waals surface area (Å²) < 4.78 is 35.5. The molecule has 0 aliphatic carbocycles. The normalized spacial score (nSPS) is 13.7. The van der Waals surface area contributed by atoms with Crippen molar-refractivity contribution in [3.63, 3.8) is 0 Å². The number of hydrogen-bond donors (Lipinski definition) is 0. The monoisotopic (exact) mass is 706 g/mol. The quantitative estimate of drug-likeness (QED) is 0.132. The van der Waals surface area contributed by atoms with Crippen molar-refractivity contribution < 1.29 is 13.1 Å². The van der Waals surface area contributed by atoms with Crippen molar-refractivity contribution in [1.82, 2.24) is 15.0 Å². The van der Waals surface area contributed by atoms with Crippen LogP contribution in [0.15, 0.2) is 95.5 Å². The van der Waals surface area contributed by atoms with Gasteiger partial charge in [-0.15, -0.1) is 0 Å². The Bertz CT molecular complexity index is 2570. The van der Waals surface area contributed by atoms with Gasteiger partial charge in [0.15, 0.2) is 12.0 Å². The van der Waals surface area contributed by atoms with Crippen molar-refractivity contribution in [1.29, 1.82) is 0 Å². The summed E-state index contributed by atoms with van der Waals surface area (Å²) in [5.41, 5.74) is 8.77. The van der Waals surface area contributed by atoms with Crippen LogP contribution < -0.4 is 9.75 Å². The Morgan fingerprint density at radius 2 is 1.33 bits per heavy atom. The molecule has 6 heteroatoms. The summed E-state index contributed by atoms with van der Waals surface area (Å²) >= 11 is 0. The molecule has 0 aliphatic heterocycles. The molecule has 0 radical (unpaired) electrons. The van der Waals surface area contributed by atoms with Gasteiger partial charge in [0.25, 0.3) is 0 Å². The predicted molar refractivity (Wildman–Crippen MR) is 220 cm³/mol. The largest absolute Gasteiger partial charge is 0.455 e. The fraction of sp³-hybridized carbons (Fsp3) is 0.304. The second kappa shape index (κ2) is 12.6. The lowest BCUT2D eigenvalue weighted by Crippen LogP contribution is -2.46. The minimum atomic E-state index is -2.40.